The molecule has 0 bridgehead atoms. The molecule has 126 valence electrons. The van der Waals surface area contributed by atoms with Crippen LogP contribution in [-0.4, -0.2) is 39.2 Å². The maximum Gasteiger partial charge on any atom is 0.407 e. The number of hydrogen-bond acceptors (Lipinski definition) is 4. The van der Waals surface area contributed by atoms with E-state index in [1.807, 2.05) is 20.8 Å². The summed E-state index contributed by atoms with van der Waals surface area (Å²) < 4.78 is 0. The van der Waals surface area contributed by atoms with E-state index in [0.717, 1.165) is 11.1 Å². The van der Waals surface area contributed by atoms with Crippen LogP contribution < -0.4 is 0 Å². The highest BCUT2D eigenvalue weighted by molar-refractivity contribution is 5.66. The molecule has 7 heteroatoms. The fraction of sp³-hybridized carbons (Fsp3) is 0.562. The second kappa shape index (κ2) is 5.72. The third kappa shape index (κ3) is 3.09. The van der Waals surface area contributed by atoms with E-state index >= 15 is 0 Å². The number of rotatable bonds is 1. The molecule has 1 amide bonds. The Kier molecular flexibility index (Phi) is 4.24. The maximum absolute atomic E-state index is 11.4. The van der Waals surface area contributed by atoms with Crippen LogP contribution >= 0.6 is 0 Å². The van der Waals surface area contributed by atoms with Gasteiger partial charge in [0.15, 0.2) is 5.75 Å². The molecular weight excluding hydrogens is 300 g/mol. The van der Waals surface area contributed by atoms with Crippen LogP contribution in [0.3, 0.4) is 0 Å². The SMILES string of the molecule is Cc1c(O)c([N+](=O)[O-])cc2c1CCN(C(=O)O)CC2C(C)(C)C. The molecule has 1 heterocycles. The van der Waals surface area contributed by atoms with Crippen LogP contribution in [0.4, 0.5) is 10.5 Å². The van der Waals surface area contributed by atoms with Crippen molar-refractivity contribution in [1.82, 2.24) is 4.90 Å². The molecule has 0 spiro atoms. The number of carbonyl (C=O) groups is 1. The van der Waals surface area contributed by atoms with Crippen LogP contribution in [0.25, 0.3) is 0 Å². The van der Waals surface area contributed by atoms with Crippen molar-refractivity contribution in [2.75, 3.05) is 13.1 Å². The zero-order chi connectivity index (χ0) is 17.5. The number of amides is 1. The third-order valence-electron chi connectivity index (χ3n) is 4.61. The molecule has 2 rings (SSSR count). The minimum Gasteiger partial charge on any atom is -0.502 e. The van der Waals surface area contributed by atoms with Crippen LogP contribution in [0.1, 0.15) is 43.4 Å². The van der Waals surface area contributed by atoms with E-state index in [9.17, 15) is 25.1 Å². The van der Waals surface area contributed by atoms with Gasteiger partial charge in [0, 0.05) is 30.6 Å². The summed E-state index contributed by atoms with van der Waals surface area (Å²) in [6, 6.07) is 1.42. The second-order valence-corrected chi connectivity index (χ2v) is 7.09. The Labute approximate surface area is 134 Å². The summed E-state index contributed by atoms with van der Waals surface area (Å²) in [5.41, 5.74) is 1.46. The van der Waals surface area contributed by atoms with Crippen LogP contribution in [0.5, 0.6) is 5.75 Å². The lowest BCUT2D eigenvalue weighted by atomic mass is 9.74. The van der Waals surface area contributed by atoms with Gasteiger partial charge in [-0.3, -0.25) is 10.1 Å². The summed E-state index contributed by atoms with van der Waals surface area (Å²) in [7, 11) is 0. The van der Waals surface area contributed by atoms with Crippen molar-refractivity contribution in [1.29, 1.82) is 0 Å². The van der Waals surface area contributed by atoms with Crippen LogP contribution in [-0.2, 0) is 6.42 Å². The predicted octanol–water partition coefficient (Wildman–Crippen LogP) is 3.27. The molecule has 23 heavy (non-hydrogen) atoms. The van der Waals surface area contributed by atoms with Gasteiger partial charge in [0.05, 0.1) is 4.92 Å². The number of aromatic hydroxyl groups is 1. The Morgan fingerprint density at radius 2 is 2.04 bits per heavy atom. The van der Waals surface area contributed by atoms with Crippen molar-refractivity contribution in [3.05, 3.63) is 32.9 Å². The second-order valence-electron chi connectivity index (χ2n) is 7.09. The third-order valence-corrected chi connectivity index (χ3v) is 4.61. The molecule has 7 nitrogen and oxygen atoms in total. The number of hydrogen-bond donors (Lipinski definition) is 2. The van der Waals surface area contributed by atoms with Gasteiger partial charge in [-0.15, -0.1) is 0 Å². The van der Waals surface area contributed by atoms with Crippen LogP contribution in [0, 0.1) is 22.5 Å². The molecule has 1 atom stereocenters. The van der Waals surface area contributed by atoms with Gasteiger partial charge in [0.1, 0.15) is 0 Å². The molecule has 0 radical (unpaired) electrons. The van der Waals surface area contributed by atoms with E-state index in [4.69, 9.17) is 0 Å². The predicted molar refractivity (Wildman–Crippen MR) is 85.0 cm³/mol. The molecule has 0 aliphatic carbocycles. The summed E-state index contributed by atoms with van der Waals surface area (Å²) in [5.74, 6) is -0.515. The molecule has 0 saturated carbocycles. The molecular formula is C16H22N2O5. The Morgan fingerprint density at radius 1 is 1.43 bits per heavy atom. The monoisotopic (exact) mass is 322 g/mol. The van der Waals surface area contributed by atoms with Crippen molar-refractivity contribution < 1.29 is 19.9 Å². The lowest BCUT2D eigenvalue weighted by Crippen LogP contribution is -2.36. The molecule has 0 aromatic heterocycles. The fourth-order valence-corrected chi connectivity index (χ4v) is 3.21. The summed E-state index contributed by atoms with van der Waals surface area (Å²) in [6.07, 6.45) is -0.561. The van der Waals surface area contributed by atoms with Gasteiger partial charge < -0.3 is 15.1 Å². The number of benzene rings is 1. The Balaban J connectivity index is 2.69. The topological polar surface area (TPSA) is 104 Å². The van der Waals surface area contributed by atoms with Gasteiger partial charge in [-0.25, -0.2) is 4.79 Å². The summed E-state index contributed by atoms with van der Waals surface area (Å²) in [6.45, 7) is 8.21. The average molecular weight is 322 g/mol. The fourth-order valence-electron chi connectivity index (χ4n) is 3.21. The van der Waals surface area contributed by atoms with Crippen molar-refractivity contribution in [2.24, 2.45) is 5.41 Å². The number of phenolic OH excluding ortho intramolecular Hbond substituents is 1. The minimum atomic E-state index is -0.997. The van der Waals surface area contributed by atoms with Crippen molar-refractivity contribution in [3.63, 3.8) is 0 Å². The van der Waals surface area contributed by atoms with Crippen LogP contribution in [0.15, 0.2) is 6.07 Å². The van der Waals surface area contributed by atoms with Gasteiger partial charge in [0.25, 0.3) is 0 Å². The number of fused-ring (bicyclic) bond motifs is 1. The molecule has 1 unspecified atom stereocenters. The largest absolute Gasteiger partial charge is 0.502 e. The Morgan fingerprint density at radius 3 is 2.52 bits per heavy atom. The molecule has 2 N–H and O–H groups in total. The van der Waals surface area contributed by atoms with E-state index in [1.165, 1.54) is 11.0 Å². The molecule has 1 aliphatic rings. The van der Waals surface area contributed by atoms with Crippen molar-refractivity contribution in [3.8, 4) is 5.75 Å². The smallest absolute Gasteiger partial charge is 0.407 e. The first-order valence-corrected chi connectivity index (χ1v) is 7.51. The first kappa shape index (κ1) is 17.1. The first-order valence-electron chi connectivity index (χ1n) is 7.51. The number of nitro benzene ring substituents is 1. The van der Waals surface area contributed by atoms with Gasteiger partial charge in [-0.1, -0.05) is 20.8 Å². The van der Waals surface area contributed by atoms with Crippen molar-refractivity contribution >= 4 is 11.8 Å². The quantitative estimate of drug-likeness (QED) is 0.610. The molecule has 0 fully saturated rings. The van der Waals surface area contributed by atoms with E-state index in [-0.39, 0.29) is 29.3 Å². The van der Waals surface area contributed by atoms with E-state index in [1.54, 1.807) is 6.92 Å². The lowest BCUT2D eigenvalue weighted by molar-refractivity contribution is -0.386. The first-order chi connectivity index (χ1) is 10.5. The van der Waals surface area contributed by atoms with Crippen LogP contribution in [0.2, 0.25) is 0 Å². The van der Waals surface area contributed by atoms with Gasteiger partial charge in [0.2, 0.25) is 0 Å². The van der Waals surface area contributed by atoms with Gasteiger partial charge in [-0.05, 0) is 29.9 Å². The van der Waals surface area contributed by atoms with Gasteiger partial charge >= 0.3 is 11.8 Å². The average Bonchev–Trinajstić information content (AvgIpc) is 2.61. The number of nitrogens with zero attached hydrogens (tertiary/aromatic N) is 2. The molecule has 1 aliphatic heterocycles. The molecule has 1 aromatic carbocycles. The maximum atomic E-state index is 11.4. The van der Waals surface area contributed by atoms with E-state index in [2.05, 4.69) is 0 Å². The summed E-state index contributed by atoms with van der Waals surface area (Å²) in [4.78, 5) is 23.4. The molecule has 0 saturated heterocycles. The highest BCUT2D eigenvalue weighted by Gasteiger charge is 2.36. The standard InChI is InChI=1S/C16H22N2O5/c1-9-10-5-6-17(15(20)21)8-12(16(2,3)4)11(10)7-13(14(9)19)18(22)23/h7,12,19H,5-6,8H2,1-4H3,(H,20,21). The normalized spacial score (nSPS) is 18.3. The zero-order valence-corrected chi connectivity index (χ0v) is 13.8. The lowest BCUT2D eigenvalue weighted by Gasteiger charge is -2.33. The van der Waals surface area contributed by atoms with E-state index < -0.39 is 11.0 Å². The summed E-state index contributed by atoms with van der Waals surface area (Å²) in [5, 5.41) is 30.7. The van der Waals surface area contributed by atoms with Crippen molar-refractivity contribution in [2.45, 2.75) is 40.0 Å². The Hall–Kier alpha value is -2.31. The minimum absolute atomic E-state index is 0.186. The van der Waals surface area contributed by atoms with E-state index in [0.29, 0.717) is 18.5 Å². The number of phenols is 1. The highest BCUT2D eigenvalue weighted by atomic mass is 16.6. The van der Waals surface area contributed by atoms with Gasteiger partial charge in [-0.2, -0.15) is 0 Å². The zero-order valence-electron chi connectivity index (χ0n) is 13.8. The number of nitro groups is 1. The Bertz CT molecular complexity index is 663. The molecule has 1 aromatic rings. The highest BCUT2D eigenvalue weighted by Crippen LogP contribution is 2.44. The summed E-state index contributed by atoms with van der Waals surface area (Å²) >= 11 is 0. The number of carboxylic acid groups (broad SMARTS) is 1.